The molecule has 0 aliphatic rings. The summed E-state index contributed by atoms with van der Waals surface area (Å²) in [5.41, 5.74) is 5.28. The van der Waals surface area contributed by atoms with Crippen LogP contribution in [0.25, 0.3) is 0 Å². The van der Waals surface area contributed by atoms with Crippen LogP contribution in [0.4, 0.5) is 0 Å². The third-order valence-electron chi connectivity index (χ3n) is 1.90. The molecule has 14 heavy (non-hydrogen) atoms. The average molecular weight is 202 g/mol. The van der Waals surface area contributed by atoms with Gasteiger partial charge in [0.05, 0.1) is 0 Å². The van der Waals surface area contributed by atoms with E-state index in [-0.39, 0.29) is 5.91 Å². The predicted molar refractivity (Wildman–Crippen MR) is 52.8 cm³/mol. The lowest BCUT2D eigenvalue weighted by Crippen LogP contribution is -2.40. The molecule has 1 amide bonds. The van der Waals surface area contributed by atoms with Gasteiger partial charge in [0, 0.05) is 6.42 Å². The molecule has 0 rings (SSSR count). The highest BCUT2D eigenvalue weighted by atomic mass is 16.4. The van der Waals surface area contributed by atoms with Gasteiger partial charge in [-0.05, 0) is 25.8 Å². The molecule has 0 saturated heterocycles. The van der Waals surface area contributed by atoms with Crippen molar-refractivity contribution in [3.05, 3.63) is 0 Å². The van der Waals surface area contributed by atoms with E-state index in [0.717, 1.165) is 12.8 Å². The minimum absolute atomic E-state index is 0.231. The summed E-state index contributed by atoms with van der Waals surface area (Å²) in [7, 11) is 0. The number of carboxylic acids is 1. The van der Waals surface area contributed by atoms with E-state index >= 15 is 0 Å². The lowest BCUT2D eigenvalue weighted by molar-refractivity contribution is -0.142. The van der Waals surface area contributed by atoms with Crippen molar-refractivity contribution in [1.29, 1.82) is 0 Å². The summed E-state index contributed by atoms with van der Waals surface area (Å²) in [6, 6.07) is -0.769. The van der Waals surface area contributed by atoms with Crippen molar-refractivity contribution < 1.29 is 14.7 Å². The van der Waals surface area contributed by atoms with Gasteiger partial charge in [0.2, 0.25) is 5.91 Å². The zero-order valence-corrected chi connectivity index (χ0v) is 8.45. The van der Waals surface area contributed by atoms with Crippen LogP contribution in [0.1, 0.15) is 32.6 Å². The van der Waals surface area contributed by atoms with Gasteiger partial charge < -0.3 is 16.2 Å². The van der Waals surface area contributed by atoms with E-state index < -0.39 is 12.0 Å². The molecular formula is C9H18N2O3. The van der Waals surface area contributed by atoms with Crippen LogP contribution >= 0.6 is 0 Å². The lowest BCUT2D eigenvalue weighted by atomic mass is 10.1. The Labute approximate surface area is 83.7 Å². The van der Waals surface area contributed by atoms with Gasteiger partial charge in [-0.25, -0.2) is 4.79 Å². The number of carboxylic acid groups (broad SMARTS) is 1. The Morgan fingerprint density at radius 2 is 2.07 bits per heavy atom. The van der Waals surface area contributed by atoms with Crippen molar-refractivity contribution in [2.45, 2.75) is 38.6 Å². The Morgan fingerprint density at radius 1 is 1.43 bits per heavy atom. The molecule has 0 aliphatic carbocycles. The molecule has 0 spiro atoms. The predicted octanol–water partition coefficient (Wildman–Crippen LogP) is 0.0948. The smallest absolute Gasteiger partial charge is 0.326 e. The minimum Gasteiger partial charge on any atom is -0.480 e. The molecule has 0 bridgehead atoms. The number of aliphatic carboxylic acids is 1. The van der Waals surface area contributed by atoms with Gasteiger partial charge in [-0.2, -0.15) is 0 Å². The quantitative estimate of drug-likeness (QED) is 0.510. The van der Waals surface area contributed by atoms with E-state index in [1.807, 2.05) is 0 Å². The fourth-order valence-corrected chi connectivity index (χ4v) is 1.05. The van der Waals surface area contributed by atoms with Crippen molar-refractivity contribution in [3.8, 4) is 0 Å². The van der Waals surface area contributed by atoms with E-state index in [2.05, 4.69) is 5.32 Å². The fourth-order valence-electron chi connectivity index (χ4n) is 1.05. The molecule has 0 aromatic heterocycles. The molecule has 0 saturated carbocycles. The maximum absolute atomic E-state index is 11.0. The minimum atomic E-state index is -0.983. The molecule has 0 aromatic rings. The van der Waals surface area contributed by atoms with Crippen molar-refractivity contribution in [3.63, 3.8) is 0 Å². The second kappa shape index (κ2) is 7.32. The van der Waals surface area contributed by atoms with Crippen LogP contribution in [-0.4, -0.2) is 29.6 Å². The first-order valence-corrected chi connectivity index (χ1v) is 4.84. The van der Waals surface area contributed by atoms with E-state index in [1.54, 1.807) is 6.92 Å². The Morgan fingerprint density at radius 3 is 2.50 bits per heavy atom. The molecule has 1 unspecified atom stereocenters. The normalized spacial score (nSPS) is 12.1. The fraction of sp³-hybridized carbons (Fsp3) is 0.778. The van der Waals surface area contributed by atoms with E-state index in [0.29, 0.717) is 19.4 Å². The molecule has 0 radical (unpaired) electrons. The highest BCUT2D eigenvalue weighted by Gasteiger charge is 2.17. The first kappa shape index (κ1) is 12.9. The highest BCUT2D eigenvalue weighted by Crippen LogP contribution is 2.00. The van der Waals surface area contributed by atoms with Gasteiger partial charge in [0.1, 0.15) is 6.04 Å². The second-order valence-electron chi connectivity index (χ2n) is 3.10. The molecule has 0 heterocycles. The van der Waals surface area contributed by atoms with Crippen molar-refractivity contribution >= 4 is 11.9 Å². The van der Waals surface area contributed by atoms with E-state index in [1.165, 1.54) is 0 Å². The van der Waals surface area contributed by atoms with Crippen LogP contribution in [0, 0.1) is 0 Å². The van der Waals surface area contributed by atoms with Crippen molar-refractivity contribution in [1.82, 2.24) is 5.32 Å². The topological polar surface area (TPSA) is 92.4 Å². The standard InChI is InChI=1S/C9H18N2O3/c1-2-8(12)11-7(9(13)14)5-3-4-6-10/h7H,2-6,10H2,1H3,(H,11,12)(H,13,14). The zero-order chi connectivity index (χ0) is 11.0. The number of nitrogens with two attached hydrogens (primary N) is 1. The Kier molecular flexibility index (Phi) is 6.74. The maximum Gasteiger partial charge on any atom is 0.326 e. The van der Waals surface area contributed by atoms with Crippen LogP contribution in [0.3, 0.4) is 0 Å². The summed E-state index contributed by atoms with van der Waals surface area (Å²) < 4.78 is 0. The first-order chi connectivity index (χ1) is 6.61. The van der Waals surface area contributed by atoms with Gasteiger partial charge in [0.25, 0.3) is 0 Å². The number of nitrogens with one attached hydrogen (secondary N) is 1. The monoisotopic (exact) mass is 202 g/mol. The Bertz CT molecular complexity index is 194. The van der Waals surface area contributed by atoms with E-state index in [9.17, 15) is 9.59 Å². The van der Waals surface area contributed by atoms with Crippen LogP contribution in [0.5, 0.6) is 0 Å². The SMILES string of the molecule is CCC(=O)NC(CCCCN)C(=O)O. The lowest BCUT2D eigenvalue weighted by Gasteiger charge is -2.13. The number of unbranched alkanes of at least 4 members (excludes halogenated alkanes) is 1. The van der Waals surface area contributed by atoms with Gasteiger partial charge >= 0.3 is 5.97 Å². The van der Waals surface area contributed by atoms with Gasteiger partial charge in [-0.1, -0.05) is 6.92 Å². The number of hydrogen-bond donors (Lipinski definition) is 3. The van der Waals surface area contributed by atoms with Crippen molar-refractivity contribution in [2.75, 3.05) is 6.54 Å². The van der Waals surface area contributed by atoms with Gasteiger partial charge in [-0.15, -0.1) is 0 Å². The largest absolute Gasteiger partial charge is 0.480 e. The van der Waals surface area contributed by atoms with Crippen LogP contribution in [0.15, 0.2) is 0 Å². The molecule has 0 aliphatic heterocycles. The van der Waals surface area contributed by atoms with Gasteiger partial charge in [-0.3, -0.25) is 4.79 Å². The third-order valence-corrected chi connectivity index (χ3v) is 1.90. The highest BCUT2D eigenvalue weighted by molar-refractivity contribution is 5.83. The van der Waals surface area contributed by atoms with Crippen LogP contribution in [0.2, 0.25) is 0 Å². The summed E-state index contributed by atoms with van der Waals surface area (Å²) in [5.74, 6) is -1.21. The molecule has 5 nitrogen and oxygen atoms in total. The average Bonchev–Trinajstić information content (AvgIpc) is 2.16. The zero-order valence-electron chi connectivity index (χ0n) is 8.45. The van der Waals surface area contributed by atoms with Crippen LogP contribution < -0.4 is 11.1 Å². The summed E-state index contributed by atoms with van der Waals surface area (Å²) >= 11 is 0. The molecule has 5 heteroatoms. The Balaban J connectivity index is 3.90. The molecule has 0 fully saturated rings. The number of carbonyl (C=O) groups is 2. The summed E-state index contributed by atoms with van der Waals surface area (Å²) in [6.45, 7) is 2.24. The summed E-state index contributed by atoms with van der Waals surface area (Å²) in [5, 5.41) is 11.2. The second-order valence-corrected chi connectivity index (χ2v) is 3.10. The summed E-state index contributed by atoms with van der Waals surface area (Å²) in [6.07, 6.45) is 2.25. The molecule has 1 atom stereocenters. The maximum atomic E-state index is 11.0. The number of carbonyl (C=O) groups excluding carboxylic acids is 1. The molecular weight excluding hydrogens is 184 g/mol. The van der Waals surface area contributed by atoms with Gasteiger partial charge in [0.15, 0.2) is 0 Å². The summed E-state index contributed by atoms with van der Waals surface area (Å²) in [4.78, 5) is 21.7. The first-order valence-electron chi connectivity index (χ1n) is 4.84. The number of hydrogen-bond acceptors (Lipinski definition) is 3. The molecule has 82 valence electrons. The number of rotatable bonds is 7. The molecule has 4 N–H and O–H groups in total. The Hall–Kier alpha value is -1.10. The van der Waals surface area contributed by atoms with Crippen LogP contribution in [-0.2, 0) is 9.59 Å². The van der Waals surface area contributed by atoms with E-state index in [4.69, 9.17) is 10.8 Å². The van der Waals surface area contributed by atoms with Crippen molar-refractivity contribution in [2.24, 2.45) is 5.73 Å². The number of amides is 1. The third kappa shape index (κ3) is 5.53. The molecule has 0 aromatic carbocycles.